The van der Waals surface area contributed by atoms with E-state index in [2.05, 4.69) is 32.4 Å². The molecule has 1 aliphatic carbocycles. The molecule has 1 saturated heterocycles. The maximum absolute atomic E-state index is 12.2. The molecule has 12 heteroatoms. The Labute approximate surface area is 213 Å². The SMILES string of the molecule is COc1cc2nc(N3CCN(C)CC3)nc(N/N=C3\CCCc4[nH]c(=O)c(C(N)=O)cc43)c2cc1OC. The van der Waals surface area contributed by atoms with Gasteiger partial charge >= 0.3 is 0 Å². The highest BCUT2D eigenvalue weighted by atomic mass is 16.5. The van der Waals surface area contributed by atoms with Gasteiger partial charge < -0.3 is 30.0 Å². The van der Waals surface area contributed by atoms with Gasteiger partial charge in [0.1, 0.15) is 5.56 Å². The van der Waals surface area contributed by atoms with Crippen molar-refractivity contribution in [3.05, 3.63) is 45.4 Å². The average Bonchev–Trinajstić information content (AvgIpc) is 2.90. The summed E-state index contributed by atoms with van der Waals surface area (Å²) in [6.45, 7) is 3.44. The molecule has 194 valence electrons. The number of likely N-dealkylation sites (N-methyl/N-ethyl adjacent to an activating group) is 1. The first-order valence-electron chi connectivity index (χ1n) is 12.1. The maximum atomic E-state index is 12.2. The molecular formula is C25H30N8O4. The van der Waals surface area contributed by atoms with E-state index in [9.17, 15) is 9.59 Å². The van der Waals surface area contributed by atoms with Gasteiger partial charge in [0.05, 0.1) is 25.4 Å². The van der Waals surface area contributed by atoms with Crippen LogP contribution in [-0.4, -0.2) is 78.9 Å². The van der Waals surface area contributed by atoms with Gasteiger partial charge in [-0.3, -0.25) is 15.0 Å². The summed E-state index contributed by atoms with van der Waals surface area (Å²) in [5.74, 6) is 1.45. The third kappa shape index (κ3) is 4.79. The minimum absolute atomic E-state index is 0.0879. The van der Waals surface area contributed by atoms with Crippen LogP contribution in [0, 0.1) is 0 Å². The molecule has 1 fully saturated rings. The number of anilines is 2. The molecule has 1 aliphatic heterocycles. The van der Waals surface area contributed by atoms with Crippen LogP contribution in [0.2, 0.25) is 0 Å². The number of aryl methyl sites for hydroxylation is 1. The first-order valence-corrected chi connectivity index (χ1v) is 12.1. The van der Waals surface area contributed by atoms with Crippen molar-refractivity contribution in [3.63, 3.8) is 0 Å². The van der Waals surface area contributed by atoms with Crippen LogP contribution in [0.3, 0.4) is 0 Å². The summed E-state index contributed by atoms with van der Waals surface area (Å²) in [5, 5.41) is 5.39. The number of fused-ring (bicyclic) bond motifs is 2. The van der Waals surface area contributed by atoms with Crippen molar-refractivity contribution in [2.45, 2.75) is 19.3 Å². The number of hydrazone groups is 1. The summed E-state index contributed by atoms with van der Waals surface area (Å²) >= 11 is 0. The van der Waals surface area contributed by atoms with Crippen molar-refractivity contribution < 1.29 is 14.3 Å². The third-order valence-electron chi connectivity index (χ3n) is 6.81. The smallest absolute Gasteiger partial charge is 0.261 e. The molecular weight excluding hydrogens is 476 g/mol. The number of nitrogens with zero attached hydrogens (tertiary/aromatic N) is 5. The molecule has 5 rings (SSSR count). The Hall–Kier alpha value is -4.19. The molecule has 0 radical (unpaired) electrons. The van der Waals surface area contributed by atoms with E-state index in [1.807, 2.05) is 12.1 Å². The number of aromatic nitrogens is 3. The standard InChI is InChI=1S/C25H30N8O4/c1-32-7-9-33(10-8-32)25-28-19-13-21(37-3)20(36-2)12-15(19)23(29-25)31-30-18-6-4-5-17-14(18)11-16(22(26)34)24(35)27-17/h11-13H,4-10H2,1-3H3,(H2,26,34)(H,27,35)(H,28,29,31)/b30-18+. The number of rotatable bonds is 6. The Morgan fingerprint density at radius 3 is 2.51 bits per heavy atom. The van der Waals surface area contributed by atoms with E-state index < -0.39 is 11.5 Å². The van der Waals surface area contributed by atoms with Gasteiger partial charge in [0.2, 0.25) is 5.95 Å². The first-order chi connectivity index (χ1) is 17.9. The molecule has 0 unspecified atom stereocenters. The minimum atomic E-state index is -0.776. The van der Waals surface area contributed by atoms with Crippen molar-refractivity contribution in [1.82, 2.24) is 19.9 Å². The number of H-pyrrole nitrogens is 1. The number of piperazine rings is 1. The number of methoxy groups -OCH3 is 2. The fraction of sp³-hybridized carbons (Fsp3) is 0.400. The second-order valence-corrected chi connectivity index (χ2v) is 9.18. The summed E-state index contributed by atoms with van der Waals surface area (Å²) in [6.07, 6.45) is 2.15. The molecule has 12 nitrogen and oxygen atoms in total. The zero-order valence-corrected chi connectivity index (χ0v) is 21.1. The average molecular weight is 507 g/mol. The van der Waals surface area contributed by atoms with E-state index >= 15 is 0 Å². The Balaban J connectivity index is 1.59. The van der Waals surface area contributed by atoms with Crippen LogP contribution in [0.15, 0.2) is 28.1 Å². The summed E-state index contributed by atoms with van der Waals surface area (Å²) in [5.41, 5.74) is 10.8. The normalized spacial score (nSPS) is 17.1. The van der Waals surface area contributed by atoms with Crippen LogP contribution in [0.1, 0.15) is 34.5 Å². The molecule has 3 aromatic rings. The maximum Gasteiger partial charge on any atom is 0.261 e. The molecule has 2 aliphatic rings. The predicted molar refractivity (Wildman–Crippen MR) is 141 cm³/mol. The quantitative estimate of drug-likeness (QED) is 0.421. The number of nitrogens with one attached hydrogen (secondary N) is 2. The Morgan fingerprint density at radius 2 is 1.81 bits per heavy atom. The molecule has 1 amide bonds. The van der Waals surface area contributed by atoms with Crippen LogP contribution >= 0.6 is 0 Å². The number of carbonyl (C=O) groups is 1. The summed E-state index contributed by atoms with van der Waals surface area (Å²) < 4.78 is 11.0. The number of nitrogens with two attached hydrogens (primary N) is 1. The number of primary amides is 1. The van der Waals surface area contributed by atoms with E-state index in [4.69, 9.17) is 25.2 Å². The van der Waals surface area contributed by atoms with Crippen molar-refractivity contribution >= 4 is 34.3 Å². The van der Waals surface area contributed by atoms with Crippen molar-refractivity contribution in [2.75, 3.05) is 57.8 Å². The highest BCUT2D eigenvalue weighted by Crippen LogP contribution is 2.35. The molecule has 4 N–H and O–H groups in total. The summed E-state index contributed by atoms with van der Waals surface area (Å²) in [4.78, 5) is 40.8. The van der Waals surface area contributed by atoms with E-state index in [0.29, 0.717) is 52.9 Å². The predicted octanol–water partition coefficient (Wildman–Crippen LogP) is 1.34. The Bertz CT molecular complexity index is 1440. The van der Waals surface area contributed by atoms with Crippen LogP contribution in [0.4, 0.5) is 11.8 Å². The Kier molecular flexibility index (Phi) is 6.66. The van der Waals surface area contributed by atoms with Crippen molar-refractivity contribution in [1.29, 1.82) is 0 Å². The summed E-state index contributed by atoms with van der Waals surface area (Å²) in [7, 11) is 5.26. The second kappa shape index (κ2) is 10.1. The first kappa shape index (κ1) is 24.5. The van der Waals surface area contributed by atoms with Gasteiger partial charge in [-0.2, -0.15) is 10.1 Å². The molecule has 1 aromatic carbocycles. The largest absolute Gasteiger partial charge is 0.493 e. The third-order valence-corrected chi connectivity index (χ3v) is 6.81. The zero-order chi connectivity index (χ0) is 26.1. The van der Waals surface area contributed by atoms with E-state index in [1.165, 1.54) is 6.07 Å². The fourth-order valence-electron chi connectivity index (χ4n) is 4.69. The highest BCUT2D eigenvalue weighted by Gasteiger charge is 2.22. The van der Waals surface area contributed by atoms with Gasteiger partial charge in [0, 0.05) is 48.9 Å². The van der Waals surface area contributed by atoms with Crippen molar-refractivity contribution in [2.24, 2.45) is 10.8 Å². The lowest BCUT2D eigenvalue weighted by Gasteiger charge is -2.32. The van der Waals surface area contributed by atoms with E-state index in [1.54, 1.807) is 14.2 Å². The zero-order valence-electron chi connectivity index (χ0n) is 21.1. The van der Waals surface area contributed by atoms with Crippen LogP contribution in [0.5, 0.6) is 11.5 Å². The van der Waals surface area contributed by atoms with Crippen LogP contribution in [-0.2, 0) is 6.42 Å². The number of aromatic amines is 1. The number of ether oxygens (including phenoxy) is 2. The van der Waals surface area contributed by atoms with Crippen molar-refractivity contribution in [3.8, 4) is 11.5 Å². The van der Waals surface area contributed by atoms with Gasteiger partial charge in [-0.05, 0) is 38.4 Å². The number of hydrogen-bond acceptors (Lipinski definition) is 10. The molecule has 0 spiro atoms. The minimum Gasteiger partial charge on any atom is -0.493 e. The van der Waals surface area contributed by atoms with Gasteiger partial charge in [0.15, 0.2) is 17.3 Å². The number of hydrogen-bond donors (Lipinski definition) is 3. The summed E-state index contributed by atoms with van der Waals surface area (Å²) in [6, 6.07) is 5.17. The monoisotopic (exact) mass is 506 g/mol. The number of benzene rings is 1. The lowest BCUT2D eigenvalue weighted by Crippen LogP contribution is -2.45. The molecule has 0 bridgehead atoms. The van der Waals surface area contributed by atoms with Crippen LogP contribution < -0.4 is 31.1 Å². The second-order valence-electron chi connectivity index (χ2n) is 9.18. The van der Waals surface area contributed by atoms with Gasteiger partial charge in [-0.1, -0.05) is 0 Å². The fourth-order valence-corrected chi connectivity index (χ4v) is 4.69. The van der Waals surface area contributed by atoms with Gasteiger partial charge in [0.25, 0.3) is 11.5 Å². The molecule has 2 aromatic heterocycles. The van der Waals surface area contributed by atoms with E-state index in [-0.39, 0.29) is 5.56 Å². The lowest BCUT2D eigenvalue weighted by atomic mass is 9.93. The topological polar surface area (TPSA) is 151 Å². The molecule has 0 saturated carbocycles. The Morgan fingerprint density at radius 1 is 1.08 bits per heavy atom. The number of pyridine rings is 1. The molecule has 3 heterocycles. The highest BCUT2D eigenvalue weighted by molar-refractivity contribution is 6.05. The lowest BCUT2D eigenvalue weighted by molar-refractivity contribution is 0.0999. The molecule has 0 atom stereocenters. The number of carbonyl (C=O) groups excluding carboxylic acids is 1. The number of amides is 1. The van der Waals surface area contributed by atoms with E-state index in [0.717, 1.165) is 43.7 Å². The van der Waals surface area contributed by atoms with Gasteiger partial charge in [-0.25, -0.2) is 4.98 Å². The van der Waals surface area contributed by atoms with Gasteiger partial charge in [-0.15, -0.1) is 0 Å². The molecule has 37 heavy (non-hydrogen) atoms. The van der Waals surface area contributed by atoms with Crippen LogP contribution in [0.25, 0.3) is 10.9 Å².